The minimum Gasteiger partial charge on any atom is -0.483 e. The molecule has 1 amide bonds. The first-order valence-electron chi connectivity index (χ1n) is 8.20. The van der Waals surface area contributed by atoms with Crippen LogP contribution in [0.15, 0.2) is 36.4 Å². The Hall–Kier alpha value is -2.15. The Balaban J connectivity index is 1.66. The number of carbonyl (C=O) groups is 2. The lowest BCUT2D eigenvalue weighted by atomic mass is 10.1. The van der Waals surface area contributed by atoms with E-state index in [-0.39, 0.29) is 35.7 Å². The normalized spacial score (nSPS) is 16.9. The molecule has 0 bridgehead atoms. The molecule has 27 heavy (non-hydrogen) atoms. The monoisotopic (exact) mass is 411 g/mol. The van der Waals surface area contributed by atoms with Crippen molar-refractivity contribution in [3.05, 3.63) is 63.4 Å². The summed E-state index contributed by atoms with van der Waals surface area (Å²) in [5, 5.41) is 0.201. The number of carbonyl (C=O) groups excluding carboxylic acids is 2. The molecule has 2 aromatic rings. The van der Waals surface area contributed by atoms with Gasteiger partial charge in [-0.3, -0.25) is 9.59 Å². The van der Waals surface area contributed by atoms with Gasteiger partial charge in [-0.15, -0.1) is 0 Å². The van der Waals surface area contributed by atoms with E-state index in [1.807, 2.05) is 0 Å². The molecule has 0 aliphatic carbocycles. The van der Waals surface area contributed by atoms with Crippen LogP contribution in [0, 0.1) is 5.82 Å². The van der Waals surface area contributed by atoms with Gasteiger partial charge in [0.15, 0.2) is 12.9 Å². The lowest BCUT2D eigenvalue weighted by molar-refractivity contribution is -0.141. The number of rotatable bonds is 5. The number of para-hydroxylation sites is 1. The highest BCUT2D eigenvalue weighted by atomic mass is 35.5. The molecule has 8 heteroatoms. The molecule has 0 saturated carbocycles. The lowest BCUT2D eigenvalue weighted by Gasteiger charge is -2.33. The third-order valence-corrected chi connectivity index (χ3v) is 4.82. The first-order chi connectivity index (χ1) is 13.0. The van der Waals surface area contributed by atoms with Crippen molar-refractivity contribution >= 4 is 35.4 Å². The van der Waals surface area contributed by atoms with Gasteiger partial charge in [0.05, 0.1) is 23.7 Å². The Labute approximate surface area is 165 Å². The molecule has 0 spiro atoms. The Morgan fingerprint density at radius 3 is 2.85 bits per heavy atom. The summed E-state index contributed by atoms with van der Waals surface area (Å²) in [5.74, 6) is -0.528. The van der Waals surface area contributed by atoms with Crippen molar-refractivity contribution in [2.24, 2.45) is 0 Å². The molecule has 1 aliphatic heterocycles. The maximum Gasteiger partial charge on any atom is 0.260 e. The van der Waals surface area contributed by atoms with Crippen molar-refractivity contribution in [2.75, 3.05) is 26.3 Å². The van der Waals surface area contributed by atoms with Gasteiger partial charge in [0.25, 0.3) is 5.91 Å². The van der Waals surface area contributed by atoms with Crippen LogP contribution < -0.4 is 4.74 Å². The van der Waals surface area contributed by atoms with Crippen molar-refractivity contribution in [3.63, 3.8) is 0 Å². The van der Waals surface area contributed by atoms with Gasteiger partial charge in [-0.1, -0.05) is 35.3 Å². The number of hydrogen-bond acceptors (Lipinski definition) is 4. The van der Waals surface area contributed by atoms with Gasteiger partial charge in [0.2, 0.25) is 0 Å². The largest absolute Gasteiger partial charge is 0.483 e. The summed E-state index contributed by atoms with van der Waals surface area (Å²) >= 11 is 11.9. The van der Waals surface area contributed by atoms with Crippen LogP contribution in [0.1, 0.15) is 22.0 Å². The molecule has 3 rings (SSSR count). The van der Waals surface area contributed by atoms with Crippen molar-refractivity contribution in [2.45, 2.75) is 6.10 Å². The first kappa shape index (κ1) is 19.6. The van der Waals surface area contributed by atoms with E-state index >= 15 is 0 Å². The summed E-state index contributed by atoms with van der Waals surface area (Å²) in [7, 11) is 0. The number of amides is 1. The number of halogens is 3. The fourth-order valence-electron chi connectivity index (χ4n) is 2.79. The predicted octanol–water partition coefficient (Wildman–Crippen LogP) is 3.92. The van der Waals surface area contributed by atoms with Gasteiger partial charge in [-0.05, 0) is 24.3 Å². The molecule has 0 radical (unpaired) electrons. The summed E-state index contributed by atoms with van der Waals surface area (Å²) in [6.45, 7) is 0.641. The average Bonchev–Trinajstić information content (AvgIpc) is 2.69. The molecule has 1 fully saturated rings. The topological polar surface area (TPSA) is 55.8 Å². The smallest absolute Gasteiger partial charge is 0.260 e. The molecule has 142 valence electrons. The fraction of sp³-hybridized carbons (Fsp3) is 0.263. The molecule has 0 aromatic heterocycles. The second-order valence-corrected chi connectivity index (χ2v) is 6.75. The zero-order valence-corrected chi connectivity index (χ0v) is 15.7. The summed E-state index contributed by atoms with van der Waals surface area (Å²) in [4.78, 5) is 25.1. The van der Waals surface area contributed by atoms with E-state index in [0.717, 1.165) is 0 Å². The summed E-state index contributed by atoms with van der Waals surface area (Å²) < 4.78 is 24.9. The van der Waals surface area contributed by atoms with Gasteiger partial charge < -0.3 is 14.4 Å². The molecule has 1 unspecified atom stereocenters. The van der Waals surface area contributed by atoms with Crippen LogP contribution in [0.2, 0.25) is 10.0 Å². The summed E-state index contributed by atoms with van der Waals surface area (Å²) in [5.41, 5.74) is 0.803. The van der Waals surface area contributed by atoms with E-state index in [4.69, 9.17) is 32.7 Å². The second kappa shape index (κ2) is 8.69. The van der Waals surface area contributed by atoms with Crippen LogP contribution in [0.4, 0.5) is 4.39 Å². The number of aldehydes is 1. The van der Waals surface area contributed by atoms with Gasteiger partial charge in [0, 0.05) is 17.1 Å². The van der Waals surface area contributed by atoms with Crippen molar-refractivity contribution in [1.29, 1.82) is 0 Å². The van der Waals surface area contributed by atoms with Crippen molar-refractivity contribution < 1.29 is 23.5 Å². The third kappa shape index (κ3) is 4.58. The van der Waals surface area contributed by atoms with Crippen LogP contribution in [0.5, 0.6) is 5.75 Å². The molecule has 0 N–H and O–H groups in total. The van der Waals surface area contributed by atoms with Crippen LogP contribution in [0.3, 0.4) is 0 Å². The van der Waals surface area contributed by atoms with Gasteiger partial charge in [-0.2, -0.15) is 0 Å². The first-order valence-corrected chi connectivity index (χ1v) is 8.96. The van der Waals surface area contributed by atoms with E-state index in [2.05, 4.69) is 0 Å². The third-order valence-electron chi connectivity index (χ3n) is 4.20. The van der Waals surface area contributed by atoms with Crippen LogP contribution in [-0.4, -0.2) is 43.4 Å². The van der Waals surface area contributed by atoms with E-state index in [0.29, 0.717) is 29.7 Å². The predicted molar refractivity (Wildman–Crippen MR) is 99.0 cm³/mol. The quantitative estimate of drug-likeness (QED) is 0.552. The molecule has 1 aliphatic rings. The fourth-order valence-corrected chi connectivity index (χ4v) is 3.29. The van der Waals surface area contributed by atoms with E-state index < -0.39 is 11.9 Å². The molecular formula is C19H16Cl2FNO4. The zero-order chi connectivity index (χ0) is 19.4. The van der Waals surface area contributed by atoms with Crippen molar-refractivity contribution in [1.82, 2.24) is 4.90 Å². The Morgan fingerprint density at radius 2 is 2.07 bits per heavy atom. The van der Waals surface area contributed by atoms with Crippen LogP contribution in [0.25, 0.3) is 0 Å². The number of morpholine rings is 1. The molecule has 1 heterocycles. The molecule has 2 aromatic carbocycles. The maximum absolute atomic E-state index is 13.8. The standard InChI is InChI=1S/C19H16Cl2FNO4/c20-14-8-15(21)16(22)7-13(14)18-9-23(5-6-26-18)19(25)11-27-17-4-2-1-3-12(17)10-24/h1-4,7-8,10,18H,5-6,9,11H2. The number of benzene rings is 2. The Morgan fingerprint density at radius 1 is 1.30 bits per heavy atom. The molecular weight excluding hydrogens is 396 g/mol. The number of ether oxygens (including phenoxy) is 2. The minimum atomic E-state index is -0.600. The SMILES string of the molecule is O=Cc1ccccc1OCC(=O)N1CCOC(c2cc(F)c(Cl)cc2Cl)C1. The van der Waals surface area contributed by atoms with E-state index in [1.165, 1.54) is 12.1 Å². The molecule has 5 nitrogen and oxygen atoms in total. The highest BCUT2D eigenvalue weighted by Gasteiger charge is 2.28. The molecule has 1 saturated heterocycles. The maximum atomic E-state index is 13.8. The van der Waals surface area contributed by atoms with Crippen molar-refractivity contribution in [3.8, 4) is 5.75 Å². The summed E-state index contributed by atoms with van der Waals surface area (Å²) in [6, 6.07) is 9.19. The Bertz CT molecular complexity index is 862. The summed E-state index contributed by atoms with van der Waals surface area (Å²) in [6.07, 6.45) is 0.103. The van der Waals surface area contributed by atoms with E-state index in [9.17, 15) is 14.0 Å². The minimum absolute atomic E-state index is 0.0743. The van der Waals surface area contributed by atoms with E-state index in [1.54, 1.807) is 29.2 Å². The molecule has 1 atom stereocenters. The number of hydrogen-bond donors (Lipinski definition) is 0. The lowest BCUT2D eigenvalue weighted by Crippen LogP contribution is -2.44. The zero-order valence-electron chi connectivity index (χ0n) is 14.2. The Kier molecular flexibility index (Phi) is 6.31. The highest BCUT2D eigenvalue weighted by Crippen LogP contribution is 2.32. The van der Waals surface area contributed by atoms with Gasteiger partial charge in [-0.25, -0.2) is 4.39 Å². The highest BCUT2D eigenvalue weighted by molar-refractivity contribution is 6.35. The second-order valence-electron chi connectivity index (χ2n) is 5.93. The average molecular weight is 412 g/mol. The van der Waals surface area contributed by atoms with Gasteiger partial charge in [0.1, 0.15) is 17.7 Å². The van der Waals surface area contributed by atoms with Crippen LogP contribution in [-0.2, 0) is 9.53 Å². The number of nitrogens with zero attached hydrogens (tertiary/aromatic N) is 1. The van der Waals surface area contributed by atoms with Crippen LogP contribution >= 0.6 is 23.2 Å². The van der Waals surface area contributed by atoms with Gasteiger partial charge >= 0.3 is 0 Å².